The molecule has 3 N–H and O–H groups in total. The van der Waals surface area contributed by atoms with Gasteiger partial charge in [-0.1, -0.05) is 5.16 Å². The van der Waals surface area contributed by atoms with Crippen molar-refractivity contribution in [3.05, 3.63) is 35.3 Å². The molecule has 1 amide bonds. The standard InChI is InChI=1S/C23H31N5O3/c1-14-20(16(3)31-28-14)17-9-10-18-19(13-17)26-15(2)21(27-18)24-11-7-8-12-25-22(29)30-23(4,5)6/h9-10,13H,7-8,11-12H2,1-6H3,(H,24,27)(H,25,29)/p+1. The average molecular weight is 427 g/mol. The van der Waals surface area contributed by atoms with Crippen LogP contribution in [0.1, 0.15) is 50.8 Å². The van der Waals surface area contributed by atoms with Gasteiger partial charge < -0.3 is 14.6 Å². The highest BCUT2D eigenvalue weighted by molar-refractivity contribution is 5.81. The number of benzene rings is 1. The van der Waals surface area contributed by atoms with E-state index in [2.05, 4.69) is 32.9 Å². The summed E-state index contributed by atoms with van der Waals surface area (Å²) in [4.78, 5) is 19.8. The van der Waals surface area contributed by atoms with Gasteiger partial charge in [0.05, 0.1) is 12.2 Å². The van der Waals surface area contributed by atoms with Gasteiger partial charge in [-0.2, -0.15) is 0 Å². The van der Waals surface area contributed by atoms with Crippen molar-refractivity contribution in [2.75, 3.05) is 18.4 Å². The first-order valence-electron chi connectivity index (χ1n) is 10.6. The maximum absolute atomic E-state index is 11.6. The lowest BCUT2D eigenvalue weighted by Gasteiger charge is -2.19. The Bertz CT molecular complexity index is 1050. The van der Waals surface area contributed by atoms with Gasteiger partial charge in [-0.05, 0) is 78.1 Å². The lowest BCUT2D eigenvalue weighted by Crippen LogP contribution is -2.33. The van der Waals surface area contributed by atoms with Crippen LogP contribution < -0.4 is 15.6 Å². The van der Waals surface area contributed by atoms with Crippen LogP contribution in [0.2, 0.25) is 0 Å². The van der Waals surface area contributed by atoms with Gasteiger partial charge in [-0.25, -0.2) is 14.8 Å². The average Bonchev–Trinajstić information content (AvgIpc) is 3.01. The SMILES string of the molecule is Cc1nc2cc(-c3c(C)noc3C)ccc2[nH+]c1NCCCCNC(=O)OC(C)(C)C. The monoisotopic (exact) mass is 426 g/mol. The number of unbranched alkanes of at least 4 members (excludes halogenated alkanes) is 1. The number of hydrogen-bond donors (Lipinski definition) is 2. The molecule has 0 saturated carbocycles. The van der Waals surface area contributed by atoms with Crippen LogP contribution in [0.4, 0.5) is 10.6 Å². The number of fused-ring (bicyclic) bond motifs is 1. The Labute approximate surface area is 182 Å². The van der Waals surface area contributed by atoms with E-state index in [0.29, 0.717) is 6.54 Å². The Morgan fingerprint density at radius 1 is 1.13 bits per heavy atom. The highest BCUT2D eigenvalue weighted by Gasteiger charge is 2.16. The first kappa shape index (κ1) is 22.5. The van der Waals surface area contributed by atoms with Crippen LogP contribution in [0, 0.1) is 20.8 Å². The second kappa shape index (κ2) is 9.32. The predicted octanol–water partition coefficient (Wildman–Crippen LogP) is 4.35. The molecule has 0 aliphatic rings. The number of carbonyl (C=O) groups is 1. The largest absolute Gasteiger partial charge is 0.444 e. The maximum atomic E-state index is 11.6. The van der Waals surface area contributed by atoms with Crippen molar-refractivity contribution in [1.82, 2.24) is 15.5 Å². The van der Waals surface area contributed by atoms with Crippen molar-refractivity contribution in [2.24, 2.45) is 0 Å². The molecule has 2 heterocycles. The number of aryl methyl sites for hydroxylation is 3. The van der Waals surface area contributed by atoms with Crippen LogP contribution in [-0.2, 0) is 4.74 Å². The van der Waals surface area contributed by atoms with E-state index >= 15 is 0 Å². The number of nitrogens with one attached hydrogen (secondary N) is 3. The topological polar surface area (TPSA) is 103 Å². The minimum Gasteiger partial charge on any atom is -0.444 e. The lowest BCUT2D eigenvalue weighted by molar-refractivity contribution is -0.328. The van der Waals surface area contributed by atoms with E-state index in [4.69, 9.17) is 14.2 Å². The van der Waals surface area contributed by atoms with E-state index < -0.39 is 5.60 Å². The molecule has 0 fully saturated rings. The van der Waals surface area contributed by atoms with E-state index in [1.165, 1.54) is 0 Å². The number of amides is 1. The molecule has 0 unspecified atom stereocenters. The van der Waals surface area contributed by atoms with Crippen molar-refractivity contribution in [3.8, 4) is 11.1 Å². The van der Waals surface area contributed by atoms with Crippen LogP contribution in [-0.4, -0.2) is 34.9 Å². The molecule has 0 saturated heterocycles. The van der Waals surface area contributed by atoms with Gasteiger partial charge in [0.1, 0.15) is 22.6 Å². The fourth-order valence-electron chi connectivity index (χ4n) is 3.38. The molecule has 0 radical (unpaired) electrons. The predicted molar refractivity (Wildman–Crippen MR) is 120 cm³/mol. The summed E-state index contributed by atoms with van der Waals surface area (Å²) in [6.07, 6.45) is 1.39. The first-order chi connectivity index (χ1) is 14.6. The molecule has 0 atom stereocenters. The van der Waals surface area contributed by atoms with Gasteiger partial charge in [-0.15, -0.1) is 0 Å². The molecule has 3 rings (SSSR count). The third kappa shape index (κ3) is 5.93. The first-order valence-corrected chi connectivity index (χ1v) is 10.6. The summed E-state index contributed by atoms with van der Waals surface area (Å²) in [5.41, 5.74) is 5.20. The fraction of sp³-hybridized carbons (Fsp3) is 0.478. The Hall–Kier alpha value is -3.16. The normalized spacial score (nSPS) is 11.5. The Balaban J connectivity index is 1.55. The fourth-order valence-corrected chi connectivity index (χ4v) is 3.38. The number of ether oxygens (including phenoxy) is 1. The zero-order chi connectivity index (χ0) is 22.6. The zero-order valence-electron chi connectivity index (χ0n) is 19.2. The second-order valence-electron chi connectivity index (χ2n) is 8.69. The molecule has 3 aromatic rings. The number of H-pyrrole nitrogens is 1. The number of hydrogen-bond acceptors (Lipinski definition) is 6. The molecular formula is C23H32N5O3+. The molecule has 8 heteroatoms. The molecule has 31 heavy (non-hydrogen) atoms. The van der Waals surface area contributed by atoms with Crippen molar-refractivity contribution >= 4 is 22.9 Å². The summed E-state index contributed by atoms with van der Waals surface area (Å²) in [5.74, 6) is 1.70. The molecule has 1 aromatic carbocycles. The minimum absolute atomic E-state index is 0.376. The molecule has 166 valence electrons. The third-order valence-electron chi connectivity index (χ3n) is 4.80. The van der Waals surface area contributed by atoms with Crippen LogP contribution >= 0.6 is 0 Å². The number of nitrogens with zero attached hydrogens (tertiary/aromatic N) is 2. The Morgan fingerprint density at radius 3 is 2.55 bits per heavy atom. The molecule has 0 bridgehead atoms. The molecular weight excluding hydrogens is 394 g/mol. The van der Waals surface area contributed by atoms with Gasteiger partial charge in [0.15, 0.2) is 5.52 Å². The van der Waals surface area contributed by atoms with Gasteiger partial charge in [0, 0.05) is 12.1 Å². The van der Waals surface area contributed by atoms with E-state index in [9.17, 15) is 4.79 Å². The van der Waals surface area contributed by atoms with Gasteiger partial charge in [-0.3, -0.25) is 5.32 Å². The molecule has 0 aliphatic heterocycles. The number of anilines is 1. The lowest BCUT2D eigenvalue weighted by atomic mass is 10.0. The van der Waals surface area contributed by atoms with Crippen molar-refractivity contribution < 1.29 is 19.0 Å². The summed E-state index contributed by atoms with van der Waals surface area (Å²) in [5, 5.41) is 10.2. The van der Waals surface area contributed by atoms with Crippen molar-refractivity contribution in [2.45, 2.75) is 60.0 Å². The zero-order valence-corrected chi connectivity index (χ0v) is 19.2. The highest BCUT2D eigenvalue weighted by atomic mass is 16.6. The molecule has 2 aromatic heterocycles. The maximum Gasteiger partial charge on any atom is 0.407 e. The van der Waals surface area contributed by atoms with E-state index in [1.54, 1.807) is 0 Å². The summed E-state index contributed by atoms with van der Waals surface area (Å²) in [7, 11) is 0. The third-order valence-corrected chi connectivity index (χ3v) is 4.80. The quantitative estimate of drug-likeness (QED) is 0.545. The van der Waals surface area contributed by atoms with E-state index in [1.807, 2.05) is 47.6 Å². The van der Waals surface area contributed by atoms with Crippen LogP contribution in [0.15, 0.2) is 22.7 Å². The number of carbonyl (C=O) groups excluding carboxylic acids is 1. The van der Waals surface area contributed by atoms with Crippen LogP contribution in [0.3, 0.4) is 0 Å². The van der Waals surface area contributed by atoms with Crippen LogP contribution in [0.25, 0.3) is 22.2 Å². The smallest absolute Gasteiger partial charge is 0.407 e. The van der Waals surface area contributed by atoms with Gasteiger partial charge >= 0.3 is 6.09 Å². The molecule has 8 nitrogen and oxygen atoms in total. The summed E-state index contributed by atoms with van der Waals surface area (Å²) >= 11 is 0. The number of alkyl carbamates (subject to hydrolysis) is 1. The number of rotatable bonds is 7. The van der Waals surface area contributed by atoms with E-state index in [-0.39, 0.29) is 6.09 Å². The second-order valence-corrected chi connectivity index (χ2v) is 8.69. The number of aromatic amines is 1. The summed E-state index contributed by atoms with van der Waals surface area (Å²) in [6.45, 7) is 12.7. The summed E-state index contributed by atoms with van der Waals surface area (Å²) < 4.78 is 10.5. The molecule has 0 spiro atoms. The highest BCUT2D eigenvalue weighted by Crippen LogP contribution is 2.28. The van der Waals surface area contributed by atoms with Gasteiger partial charge in [0.25, 0.3) is 5.82 Å². The van der Waals surface area contributed by atoms with E-state index in [0.717, 1.165) is 64.5 Å². The Kier molecular flexibility index (Phi) is 6.77. The number of aromatic nitrogens is 3. The Morgan fingerprint density at radius 2 is 1.87 bits per heavy atom. The summed E-state index contributed by atoms with van der Waals surface area (Å²) in [6, 6.07) is 6.13. The van der Waals surface area contributed by atoms with Crippen LogP contribution in [0.5, 0.6) is 0 Å². The molecule has 0 aliphatic carbocycles. The van der Waals surface area contributed by atoms with Crippen molar-refractivity contribution in [1.29, 1.82) is 0 Å². The van der Waals surface area contributed by atoms with Crippen molar-refractivity contribution in [3.63, 3.8) is 0 Å². The van der Waals surface area contributed by atoms with Gasteiger partial charge in [0.2, 0.25) is 0 Å². The minimum atomic E-state index is -0.476.